The van der Waals surface area contributed by atoms with Gasteiger partial charge in [-0.15, -0.1) is 17.5 Å². The fourth-order valence-corrected chi connectivity index (χ4v) is 1.63. The van der Waals surface area contributed by atoms with Crippen LogP contribution in [0.4, 0.5) is 5.69 Å². The highest BCUT2D eigenvalue weighted by Crippen LogP contribution is 2.26. The standard InChI is InChI=1S/C12H15N3O3.ClH/c1-15-7-10(12(14-15)18-2)13-6-8-3-4-9(16)5-11(8)17;/h3-5,7,13,16-17H,6H2,1-2H3;1H. The Labute approximate surface area is 117 Å². The van der Waals surface area contributed by atoms with Crippen molar-refractivity contribution in [3.05, 3.63) is 30.0 Å². The number of aromatic hydroxyl groups is 2. The van der Waals surface area contributed by atoms with Crippen molar-refractivity contribution in [2.45, 2.75) is 6.54 Å². The first kappa shape index (κ1) is 15.0. The summed E-state index contributed by atoms with van der Waals surface area (Å²) in [5.41, 5.74) is 1.42. The fraction of sp³-hybridized carbons (Fsp3) is 0.250. The number of phenols is 2. The van der Waals surface area contributed by atoms with Gasteiger partial charge in [0, 0.05) is 25.2 Å². The van der Waals surface area contributed by atoms with E-state index in [0.29, 0.717) is 18.0 Å². The predicted molar refractivity (Wildman–Crippen MR) is 74.1 cm³/mol. The Morgan fingerprint density at radius 3 is 2.74 bits per heavy atom. The minimum atomic E-state index is 0. The largest absolute Gasteiger partial charge is 0.508 e. The molecule has 104 valence electrons. The van der Waals surface area contributed by atoms with Crippen LogP contribution >= 0.6 is 12.4 Å². The van der Waals surface area contributed by atoms with Crippen LogP contribution in [0.2, 0.25) is 0 Å². The van der Waals surface area contributed by atoms with Gasteiger partial charge in [0.25, 0.3) is 5.88 Å². The zero-order valence-corrected chi connectivity index (χ0v) is 11.4. The van der Waals surface area contributed by atoms with Crippen molar-refractivity contribution in [3.63, 3.8) is 0 Å². The number of nitrogens with zero attached hydrogens (tertiary/aromatic N) is 2. The molecule has 0 radical (unpaired) electrons. The van der Waals surface area contributed by atoms with E-state index in [-0.39, 0.29) is 23.9 Å². The maximum absolute atomic E-state index is 9.65. The molecule has 0 saturated carbocycles. The molecule has 0 bridgehead atoms. The number of aromatic nitrogens is 2. The first-order valence-corrected chi connectivity index (χ1v) is 5.42. The first-order chi connectivity index (χ1) is 8.60. The van der Waals surface area contributed by atoms with E-state index in [4.69, 9.17) is 4.74 Å². The van der Waals surface area contributed by atoms with Gasteiger partial charge in [-0.1, -0.05) is 0 Å². The fourth-order valence-electron chi connectivity index (χ4n) is 1.63. The quantitative estimate of drug-likeness (QED) is 0.799. The molecule has 3 N–H and O–H groups in total. The van der Waals surface area contributed by atoms with E-state index in [1.165, 1.54) is 12.1 Å². The molecule has 0 unspecified atom stereocenters. The van der Waals surface area contributed by atoms with Crippen molar-refractivity contribution in [2.75, 3.05) is 12.4 Å². The van der Waals surface area contributed by atoms with Gasteiger partial charge in [0.05, 0.1) is 13.3 Å². The summed E-state index contributed by atoms with van der Waals surface area (Å²) in [7, 11) is 3.34. The molecule has 19 heavy (non-hydrogen) atoms. The lowest BCUT2D eigenvalue weighted by Crippen LogP contribution is -2.00. The normalized spacial score (nSPS) is 9.79. The molecular formula is C12H16ClN3O3. The molecule has 0 aliphatic rings. The lowest BCUT2D eigenvalue weighted by atomic mass is 10.2. The molecule has 6 nitrogen and oxygen atoms in total. The molecule has 0 amide bonds. The number of benzene rings is 1. The number of hydrogen-bond acceptors (Lipinski definition) is 5. The van der Waals surface area contributed by atoms with Crippen LogP contribution in [0.5, 0.6) is 17.4 Å². The number of hydrogen-bond donors (Lipinski definition) is 3. The lowest BCUT2D eigenvalue weighted by molar-refractivity contribution is 0.393. The highest BCUT2D eigenvalue weighted by molar-refractivity contribution is 5.85. The number of aryl methyl sites for hydroxylation is 1. The van der Waals surface area contributed by atoms with Crippen LogP contribution in [-0.2, 0) is 13.6 Å². The number of ether oxygens (including phenoxy) is 1. The Bertz CT molecular complexity index is 557. The number of halogens is 1. The van der Waals surface area contributed by atoms with E-state index in [2.05, 4.69) is 10.4 Å². The molecule has 1 heterocycles. The van der Waals surface area contributed by atoms with Crippen molar-refractivity contribution in [3.8, 4) is 17.4 Å². The first-order valence-electron chi connectivity index (χ1n) is 5.42. The second-order valence-electron chi connectivity index (χ2n) is 3.89. The second kappa shape index (κ2) is 6.19. The molecule has 2 rings (SSSR count). The summed E-state index contributed by atoms with van der Waals surface area (Å²) < 4.78 is 6.74. The van der Waals surface area contributed by atoms with Crippen molar-refractivity contribution in [1.82, 2.24) is 9.78 Å². The molecule has 0 spiro atoms. The number of nitrogens with one attached hydrogen (secondary N) is 1. The Morgan fingerprint density at radius 1 is 1.37 bits per heavy atom. The Hall–Kier alpha value is -2.08. The lowest BCUT2D eigenvalue weighted by Gasteiger charge is -2.07. The molecule has 7 heteroatoms. The number of methoxy groups -OCH3 is 1. The molecule has 0 aliphatic heterocycles. The van der Waals surface area contributed by atoms with Gasteiger partial charge < -0.3 is 20.3 Å². The van der Waals surface area contributed by atoms with E-state index in [1.54, 1.807) is 31.1 Å². The maximum atomic E-state index is 9.65. The highest BCUT2D eigenvalue weighted by atomic mass is 35.5. The Balaban J connectivity index is 0.00000180. The average Bonchev–Trinajstić information content (AvgIpc) is 2.68. The summed E-state index contributed by atoms with van der Waals surface area (Å²) in [6, 6.07) is 4.48. The Kier molecular flexibility index (Phi) is 4.88. The van der Waals surface area contributed by atoms with Crippen LogP contribution in [-0.4, -0.2) is 27.1 Å². The minimum Gasteiger partial charge on any atom is -0.508 e. The van der Waals surface area contributed by atoms with E-state index < -0.39 is 0 Å². The van der Waals surface area contributed by atoms with Crippen LogP contribution in [0, 0.1) is 0 Å². The summed E-state index contributed by atoms with van der Waals surface area (Å²) in [5, 5.41) is 26.1. The second-order valence-corrected chi connectivity index (χ2v) is 3.89. The number of anilines is 1. The smallest absolute Gasteiger partial charge is 0.256 e. The van der Waals surface area contributed by atoms with Crippen LogP contribution in [0.15, 0.2) is 24.4 Å². The van der Waals surface area contributed by atoms with Crippen LogP contribution in [0.1, 0.15) is 5.56 Å². The Morgan fingerprint density at radius 2 is 2.11 bits per heavy atom. The molecule has 0 fully saturated rings. The van der Waals surface area contributed by atoms with Crippen LogP contribution in [0.3, 0.4) is 0 Å². The summed E-state index contributed by atoms with van der Waals surface area (Å²) in [6.07, 6.45) is 1.79. The van der Waals surface area contributed by atoms with E-state index >= 15 is 0 Å². The van der Waals surface area contributed by atoms with Crippen LogP contribution in [0.25, 0.3) is 0 Å². The zero-order valence-electron chi connectivity index (χ0n) is 10.6. The molecule has 0 aliphatic carbocycles. The van der Waals surface area contributed by atoms with Crippen LogP contribution < -0.4 is 10.1 Å². The van der Waals surface area contributed by atoms with Gasteiger partial charge >= 0.3 is 0 Å². The third kappa shape index (κ3) is 3.45. The van der Waals surface area contributed by atoms with Gasteiger partial charge in [0.2, 0.25) is 0 Å². The van der Waals surface area contributed by atoms with Gasteiger partial charge in [-0.05, 0) is 12.1 Å². The van der Waals surface area contributed by atoms with Gasteiger partial charge in [0.15, 0.2) is 0 Å². The maximum Gasteiger partial charge on any atom is 0.256 e. The molecule has 1 aromatic carbocycles. The summed E-state index contributed by atoms with van der Waals surface area (Å²) in [5.74, 6) is 0.580. The molecule has 0 atom stereocenters. The van der Waals surface area contributed by atoms with Crippen molar-refractivity contribution < 1.29 is 14.9 Å². The van der Waals surface area contributed by atoms with Gasteiger partial charge in [-0.3, -0.25) is 4.68 Å². The highest BCUT2D eigenvalue weighted by Gasteiger charge is 2.08. The summed E-state index contributed by atoms with van der Waals surface area (Å²) >= 11 is 0. The monoisotopic (exact) mass is 285 g/mol. The molecule has 0 saturated heterocycles. The van der Waals surface area contributed by atoms with Gasteiger partial charge in [0.1, 0.15) is 17.2 Å². The van der Waals surface area contributed by atoms with Gasteiger partial charge in [-0.2, -0.15) is 0 Å². The molecule has 1 aromatic heterocycles. The number of phenolic OH excluding ortho intramolecular Hbond substituents is 2. The van der Waals surface area contributed by atoms with E-state index in [9.17, 15) is 10.2 Å². The van der Waals surface area contributed by atoms with Crippen molar-refractivity contribution in [2.24, 2.45) is 7.05 Å². The summed E-state index contributed by atoms with van der Waals surface area (Å²) in [4.78, 5) is 0. The van der Waals surface area contributed by atoms with Crippen molar-refractivity contribution in [1.29, 1.82) is 0 Å². The predicted octanol–water partition coefficient (Wildman–Crippen LogP) is 1.87. The number of rotatable bonds is 4. The van der Waals surface area contributed by atoms with E-state index in [1.807, 2.05) is 0 Å². The van der Waals surface area contributed by atoms with Gasteiger partial charge in [-0.25, -0.2) is 0 Å². The van der Waals surface area contributed by atoms with E-state index in [0.717, 1.165) is 5.69 Å². The SMILES string of the molecule is COc1nn(C)cc1NCc1ccc(O)cc1O.Cl. The third-order valence-electron chi connectivity index (χ3n) is 2.53. The topological polar surface area (TPSA) is 79.5 Å². The molecular weight excluding hydrogens is 270 g/mol. The van der Waals surface area contributed by atoms with Crippen molar-refractivity contribution >= 4 is 18.1 Å². The zero-order chi connectivity index (χ0) is 13.1. The minimum absolute atomic E-state index is 0. The average molecular weight is 286 g/mol. The third-order valence-corrected chi connectivity index (χ3v) is 2.53. The summed E-state index contributed by atoms with van der Waals surface area (Å²) in [6.45, 7) is 0.411. The molecule has 2 aromatic rings.